The second-order valence-corrected chi connectivity index (χ2v) is 10.6. The number of amides is 2. The van der Waals surface area contributed by atoms with Gasteiger partial charge in [0.2, 0.25) is 5.91 Å². The molecule has 0 saturated carbocycles. The van der Waals surface area contributed by atoms with Crippen LogP contribution in [0.4, 0.5) is 0 Å². The molecule has 0 bridgehead atoms. The number of aryl methyl sites for hydroxylation is 1. The van der Waals surface area contributed by atoms with E-state index in [0.29, 0.717) is 24.3 Å². The van der Waals surface area contributed by atoms with Crippen molar-refractivity contribution in [3.05, 3.63) is 35.4 Å². The monoisotopic (exact) mass is 466 g/mol. The fourth-order valence-corrected chi connectivity index (χ4v) is 6.01. The lowest BCUT2D eigenvalue weighted by atomic mass is 9.82. The minimum atomic E-state index is -0.649. The van der Waals surface area contributed by atoms with Gasteiger partial charge in [-0.3, -0.25) is 14.5 Å². The largest absolute Gasteiger partial charge is 0.369 e. The van der Waals surface area contributed by atoms with Crippen molar-refractivity contribution < 1.29 is 9.59 Å². The summed E-state index contributed by atoms with van der Waals surface area (Å²) in [7, 11) is 0. The van der Waals surface area contributed by atoms with Crippen LogP contribution in [0.3, 0.4) is 0 Å². The highest BCUT2D eigenvalue weighted by molar-refractivity contribution is 6.06. The fraction of sp³-hybridized carbons (Fsp3) is 0.679. The van der Waals surface area contributed by atoms with Gasteiger partial charge in [0.05, 0.1) is 0 Å². The molecule has 0 radical (unpaired) electrons. The number of hydrogen-bond acceptors (Lipinski definition) is 4. The van der Waals surface area contributed by atoms with E-state index >= 15 is 0 Å². The fourth-order valence-electron chi connectivity index (χ4n) is 6.01. The molecule has 2 aliphatic heterocycles. The minimum absolute atomic E-state index is 0.103. The molecule has 1 aromatic carbocycles. The number of hydrogen-bond donors (Lipinski definition) is 1. The molecule has 2 N–H and O–H groups in total. The Morgan fingerprint density at radius 2 is 1.71 bits per heavy atom. The van der Waals surface area contributed by atoms with Crippen molar-refractivity contribution in [2.75, 3.05) is 19.6 Å². The van der Waals surface area contributed by atoms with E-state index in [1.54, 1.807) is 4.90 Å². The zero-order valence-electron chi connectivity index (χ0n) is 21.1. The summed E-state index contributed by atoms with van der Waals surface area (Å²) in [5.74, 6) is 1.28. The minimum Gasteiger partial charge on any atom is -0.369 e. The number of piperidine rings is 1. The summed E-state index contributed by atoms with van der Waals surface area (Å²) < 4.78 is 0. The number of carbonyl (C=O) groups excluding carboxylic acids is 2. The number of aliphatic imine (C=N–C) groups is 1. The molecular weight excluding hydrogens is 424 g/mol. The van der Waals surface area contributed by atoms with Crippen LogP contribution >= 0.6 is 0 Å². The van der Waals surface area contributed by atoms with Crippen LogP contribution in [0.5, 0.6) is 0 Å². The van der Waals surface area contributed by atoms with Crippen molar-refractivity contribution in [2.24, 2.45) is 22.6 Å². The van der Waals surface area contributed by atoms with Crippen molar-refractivity contribution in [3.63, 3.8) is 0 Å². The third-order valence-electron chi connectivity index (χ3n) is 8.20. The number of unbranched alkanes of at least 4 members (excludes halogenated alkanes) is 2. The molecule has 3 aliphatic rings. The Bertz CT molecular complexity index is 895. The molecule has 1 atom stereocenters. The quantitative estimate of drug-likeness (QED) is 0.589. The highest BCUT2D eigenvalue weighted by atomic mass is 16.2. The van der Waals surface area contributed by atoms with Gasteiger partial charge in [-0.25, -0.2) is 4.99 Å². The predicted octanol–water partition coefficient (Wildman–Crippen LogP) is 4.31. The van der Waals surface area contributed by atoms with E-state index in [1.807, 2.05) is 0 Å². The Morgan fingerprint density at radius 1 is 1.06 bits per heavy atom. The van der Waals surface area contributed by atoms with Crippen LogP contribution in [-0.2, 0) is 22.4 Å². The molecule has 2 heterocycles. The maximum absolute atomic E-state index is 13.5. The summed E-state index contributed by atoms with van der Waals surface area (Å²) in [4.78, 5) is 35.3. The Labute approximate surface area is 205 Å². The standard InChI is InChI=1S/C28H42N4O2/c1-3-5-15-28(16-6-4-2)26(34)32(27(29)30-28)20-21-13-17-31(18-14-21)25(33)24-12-11-22-9-7-8-10-23(22)19-24/h7-10,21,24H,3-6,11-20H2,1-2H3,(H2,29,30). The molecule has 1 unspecified atom stereocenters. The van der Waals surface area contributed by atoms with Gasteiger partial charge in [0.15, 0.2) is 5.96 Å². The summed E-state index contributed by atoms with van der Waals surface area (Å²) in [5, 5.41) is 0. The molecule has 1 aliphatic carbocycles. The Balaban J connectivity index is 1.31. The second-order valence-electron chi connectivity index (χ2n) is 10.6. The van der Waals surface area contributed by atoms with Crippen molar-refractivity contribution in [1.29, 1.82) is 0 Å². The SMILES string of the molecule is CCCCC1(CCCC)N=C(N)N(CC2CCN(C(=O)C3CCc4ccccc4C3)CC2)C1=O. The number of guanidine groups is 1. The first-order valence-corrected chi connectivity index (χ1v) is 13.5. The van der Waals surface area contributed by atoms with E-state index in [9.17, 15) is 9.59 Å². The number of nitrogens with two attached hydrogens (primary N) is 1. The number of fused-ring (bicyclic) bond motifs is 1. The zero-order valence-corrected chi connectivity index (χ0v) is 21.1. The molecule has 4 rings (SSSR count). The second kappa shape index (κ2) is 10.9. The number of benzene rings is 1. The average molecular weight is 467 g/mol. The normalized spacial score (nSPS) is 22.6. The zero-order chi connectivity index (χ0) is 24.1. The van der Waals surface area contributed by atoms with Crippen molar-refractivity contribution in [2.45, 2.75) is 90.0 Å². The van der Waals surface area contributed by atoms with Crippen LogP contribution in [-0.4, -0.2) is 52.7 Å². The lowest BCUT2D eigenvalue weighted by Crippen LogP contribution is -2.49. The van der Waals surface area contributed by atoms with E-state index < -0.39 is 5.54 Å². The van der Waals surface area contributed by atoms with Gasteiger partial charge in [-0.05, 0) is 62.0 Å². The van der Waals surface area contributed by atoms with E-state index in [2.05, 4.69) is 43.0 Å². The first-order valence-electron chi connectivity index (χ1n) is 13.5. The maximum atomic E-state index is 13.5. The Morgan fingerprint density at radius 3 is 2.35 bits per heavy atom. The third-order valence-corrected chi connectivity index (χ3v) is 8.20. The first-order chi connectivity index (χ1) is 16.5. The van der Waals surface area contributed by atoms with Crippen LogP contribution in [0.15, 0.2) is 29.3 Å². The Kier molecular flexibility index (Phi) is 7.95. The smallest absolute Gasteiger partial charge is 0.257 e. The van der Waals surface area contributed by atoms with Gasteiger partial charge in [-0.2, -0.15) is 0 Å². The highest BCUT2D eigenvalue weighted by Crippen LogP contribution is 2.34. The lowest BCUT2D eigenvalue weighted by Gasteiger charge is -2.37. The molecular formula is C28H42N4O2. The maximum Gasteiger partial charge on any atom is 0.257 e. The Hall–Kier alpha value is -2.37. The van der Waals surface area contributed by atoms with Crippen LogP contribution in [0, 0.1) is 11.8 Å². The average Bonchev–Trinajstić information content (AvgIpc) is 3.10. The molecule has 186 valence electrons. The van der Waals surface area contributed by atoms with Crippen LogP contribution < -0.4 is 5.73 Å². The van der Waals surface area contributed by atoms with Gasteiger partial charge in [-0.15, -0.1) is 0 Å². The molecule has 6 heteroatoms. The number of likely N-dealkylation sites (tertiary alicyclic amines) is 1. The third kappa shape index (κ3) is 5.16. The summed E-state index contributed by atoms with van der Waals surface area (Å²) in [6, 6.07) is 8.52. The molecule has 34 heavy (non-hydrogen) atoms. The van der Waals surface area contributed by atoms with E-state index in [-0.39, 0.29) is 11.8 Å². The number of rotatable bonds is 9. The molecule has 1 aromatic rings. The summed E-state index contributed by atoms with van der Waals surface area (Å²) in [5.41, 5.74) is 8.39. The van der Waals surface area contributed by atoms with Crippen LogP contribution in [0.25, 0.3) is 0 Å². The molecule has 6 nitrogen and oxygen atoms in total. The molecule has 2 amide bonds. The molecule has 0 spiro atoms. The first kappa shape index (κ1) is 24.7. The van der Waals surface area contributed by atoms with Crippen molar-refractivity contribution in [1.82, 2.24) is 9.80 Å². The lowest BCUT2D eigenvalue weighted by molar-refractivity contribution is -0.138. The van der Waals surface area contributed by atoms with Crippen LogP contribution in [0.1, 0.15) is 82.8 Å². The number of carbonyl (C=O) groups is 2. The van der Waals surface area contributed by atoms with Gasteiger partial charge >= 0.3 is 0 Å². The van der Waals surface area contributed by atoms with Gasteiger partial charge in [0.1, 0.15) is 5.54 Å². The topological polar surface area (TPSA) is 79.0 Å². The molecule has 1 saturated heterocycles. The predicted molar refractivity (Wildman–Crippen MR) is 136 cm³/mol. The summed E-state index contributed by atoms with van der Waals surface area (Å²) in [6.45, 7) is 6.49. The number of nitrogens with zero attached hydrogens (tertiary/aromatic N) is 3. The van der Waals surface area contributed by atoms with Crippen molar-refractivity contribution >= 4 is 17.8 Å². The molecule has 1 fully saturated rings. The van der Waals surface area contributed by atoms with E-state index in [4.69, 9.17) is 10.7 Å². The van der Waals surface area contributed by atoms with Crippen LogP contribution in [0.2, 0.25) is 0 Å². The van der Waals surface area contributed by atoms with Gasteiger partial charge in [0, 0.05) is 25.6 Å². The van der Waals surface area contributed by atoms with Gasteiger partial charge in [0.25, 0.3) is 5.91 Å². The van der Waals surface area contributed by atoms with Gasteiger partial charge in [-0.1, -0.05) is 63.8 Å². The van der Waals surface area contributed by atoms with E-state index in [1.165, 1.54) is 11.1 Å². The molecule has 0 aromatic heterocycles. The van der Waals surface area contributed by atoms with E-state index in [0.717, 1.165) is 83.7 Å². The van der Waals surface area contributed by atoms with Crippen molar-refractivity contribution in [3.8, 4) is 0 Å². The summed E-state index contributed by atoms with van der Waals surface area (Å²) in [6.07, 6.45) is 10.3. The summed E-state index contributed by atoms with van der Waals surface area (Å²) >= 11 is 0. The highest BCUT2D eigenvalue weighted by Gasteiger charge is 2.47. The van der Waals surface area contributed by atoms with Gasteiger partial charge < -0.3 is 10.6 Å².